The van der Waals surface area contributed by atoms with E-state index in [0.717, 1.165) is 16.8 Å². The zero-order valence-electron chi connectivity index (χ0n) is 14.6. The van der Waals surface area contributed by atoms with Gasteiger partial charge in [0, 0.05) is 29.3 Å². The second-order valence-corrected chi connectivity index (χ2v) is 7.21. The van der Waals surface area contributed by atoms with Crippen LogP contribution in [0.4, 0.5) is 10.1 Å². The molecule has 4 heteroatoms. The highest BCUT2D eigenvalue weighted by Gasteiger charge is 2.38. The monoisotopic (exact) mass is 345 g/mol. The molecule has 1 aromatic heterocycles. The number of aromatic nitrogens is 2. The molecular formula is C22H20FN3. The van der Waals surface area contributed by atoms with Crippen molar-refractivity contribution in [1.82, 2.24) is 9.55 Å². The number of allylic oxidation sites excluding steroid dienone is 1. The number of benzene rings is 2. The van der Waals surface area contributed by atoms with Crippen molar-refractivity contribution in [2.45, 2.75) is 25.9 Å². The Hall–Kier alpha value is -2.88. The zero-order valence-corrected chi connectivity index (χ0v) is 14.6. The van der Waals surface area contributed by atoms with Gasteiger partial charge in [-0.05, 0) is 61.6 Å². The van der Waals surface area contributed by atoms with Crippen LogP contribution in [0.15, 0.2) is 66.9 Å². The van der Waals surface area contributed by atoms with Crippen molar-refractivity contribution in [2.24, 2.45) is 5.92 Å². The van der Waals surface area contributed by atoms with Gasteiger partial charge in [-0.2, -0.15) is 0 Å². The summed E-state index contributed by atoms with van der Waals surface area (Å²) in [5, 5.41) is 0. The predicted molar refractivity (Wildman–Crippen MR) is 101 cm³/mol. The van der Waals surface area contributed by atoms with Gasteiger partial charge in [0.1, 0.15) is 12.0 Å². The fourth-order valence-electron chi connectivity index (χ4n) is 3.81. The van der Waals surface area contributed by atoms with Crippen LogP contribution in [0.25, 0.3) is 6.08 Å². The summed E-state index contributed by atoms with van der Waals surface area (Å²) in [7, 11) is 0. The highest BCUT2D eigenvalue weighted by molar-refractivity contribution is 5.71. The number of anilines is 1. The molecule has 1 atom stereocenters. The van der Waals surface area contributed by atoms with Gasteiger partial charge in [0.05, 0.1) is 6.33 Å². The quantitative estimate of drug-likeness (QED) is 0.655. The maximum absolute atomic E-state index is 14.1. The van der Waals surface area contributed by atoms with E-state index in [-0.39, 0.29) is 12.0 Å². The number of fused-ring (bicyclic) bond motifs is 1. The minimum absolute atomic E-state index is 0.133. The summed E-state index contributed by atoms with van der Waals surface area (Å²) in [4.78, 5) is 6.59. The molecule has 1 aliphatic carbocycles. The minimum Gasteiger partial charge on any atom is -0.320 e. The summed E-state index contributed by atoms with van der Waals surface area (Å²) in [6.07, 6.45) is 10.1. The van der Waals surface area contributed by atoms with Gasteiger partial charge in [-0.15, -0.1) is 0 Å². The molecule has 2 aliphatic rings. The summed E-state index contributed by atoms with van der Waals surface area (Å²) in [5.74, 6) is 0.363. The van der Waals surface area contributed by atoms with E-state index < -0.39 is 0 Å². The molecule has 5 rings (SSSR count). The van der Waals surface area contributed by atoms with Crippen LogP contribution in [0.2, 0.25) is 0 Å². The number of rotatable bonds is 3. The Morgan fingerprint density at radius 3 is 2.58 bits per heavy atom. The fraction of sp³-hybridized carbons (Fsp3) is 0.227. The predicted octanol–water partition coefficient (Wildman–Crippen LogP) is 5.15. The minimum atomic E-state index is -0.207. The van der Waals surface area contributed by atoms with E-state index >= 15 is 0 Å². The molecule has 1 saturated carbocycles. The Balaban J connectivity index is 1.74. The third kappa shape index (κ3) is 2.53. The molecular weight excluding hydrogens is 325 g/mol. The fourth-order valence-corrected chi connectivity index (χ4v) is 3.81. The van der Waals surface area contributed by atoms with E-state index in [1.54, 1.807) is 18.3 Å². The summed E-state index contributed by atoms with van der Waals surface area (Å²) in [5.41, 5.74) is 5.73. The Labute approximate surface area is 152 Å². The second kappa shape index (κ2) is 5.84. The number of halogens is 1. The molecule has 1 unspecified atom stereocenters. The van der Waals surface area contributed by atoms with Crippen molar-refractivity contribution >= 4 is 11.8 Å². The second-order valence-electron chi connectivity index (χ2n) is 7.21. The highest BCUT2D eigenvalue weighted by atomic mass is 19.1. The summed E-state index contributed by atoms with van der Waals surface area (Å²) < 4.78 is 16.2. The van der Waals surface area contributed by atoms with Gasteiger partial charge in [0.15, 0.2) is 0 Å². The van der Waals surface area contributed by atoms with Gasteiger partial charge in [-0.25, -0.2) is 9.37 Å². The molecule has 0 radical (unpaired) electrons. The normalized spacial score (nSPS) is 19.2. The smallest absolute Gasteiger partial charge is 0.137 e. The number of nitrogens with zero attached hydrogens (tertiary/aromatic N) is 3. The van der Waals surface area contributed by atoms with Gasteiger partial charge in [0.2, 0.25) is 0 Å². The van der Waals surface area contributed by atoms with Gasteiger partial charge < -0.3 is 9.47 Å². The standard InChI is InChI=1S/C22H20FN3/c1-15-2-8-19(9-3-15)26-21(16-4-5-16)12-17-6-7-18(23)13-20(17)22(26)25-11-10-24-14-25/h2-3,6-14,16,22H,4-5H2,1H3. The molecule has 130 valence electrons. The Kier molecular flexibility index (Phi) is 3.45. The number of hydrogen-bond donors (Lipinski definition) is 0. The molecule has 2 aromatic carbocycles. The SMILES string of the molecule is Cc1ccc(N2C(C3CC3)=Cc3ccc(F)cc3C2n2ccnc2)cc1. The van der Waals surface area contributed by atoms with Crippen LogP contribution in [0, 0.1) is 18.7 Å². The van der Waals surface area contributed by atoms with Crippen LogP contribution in [-0.4, -0.2) is 9.55 Å². The lowest BCUT2D eigenvalue weighted by atomic mass is 9.95. The van der Waals surface area contributed by atoms with Crippen LogP contribution in [0.3, 0.4) is 0 Å². The molecule has 0 spiro atoms. The van der Waals surface area contributed by atoms with Crippen molar-refractivity contribution in [2.75, 3.05) is 4.90 Å². The zero-order chi connectivity index (χ0) is 17.7. The molecule has 3 nitrogen and oxygen atoms in total. The van der Waals surface area contributed by atoms with Crippen molar-refractivity contribution in [3.63, 3.8) is 0 Å². The Morgan fingerprint density at radius 1 is 1.08 bits per heavy atom. The molecule has 1 aliphatic heterocycles. The van der Waals surface area contributed by atoms with Crippen LogP contribution in [-0.2, 0) is 0 Å². The molecule has 3 aromatic rings. The van der Waals surface area contributed by atoms with Crippen molar-refractivity contribution in [3.05, 3.63) is 89.4 Å². The number of hydrogen-bond acceptors (Lipinski definition) is 2. The third-order valence-corrected chi connectivity index (χ3v) is 5.27. The van der Waals surface area contributed by atoms with Crippen LogP contribution in [0.1, 0.15) is 35.7 Å². The molecule has 1 fully saturated rings. The lowest BCUT2D eigenvalue weighted by Gasteiger charge is -2.40. The van der Waals surface area contributed by atoms with E-state index in [9.17, 15) is 4.39 Å². The summed E-state index contributed by atoms with van der Waals surface area (Å²) >= 11 is 0. The first kappa shape index (κ1) is 15.4. The number of imidazole rings is 1. The molecule has 0 saturated heterocycles. The van der Waals surface area contributed by atoms with Gasteiger partial charge in [-0.3, -0.25) is 0 Å². The van der Waals surface area contributed by atoms with Crippen molar-refractivity contribution < 1.29 is 4.39 Å². The van der Waals surface area contributed by atoms with Crippen molar-refractivity contribution in [3.8, 4) is 0 Å². The van der Waals surface area contributed by atoms with E-state index in [0.29, 0.717) is 5.92 Å². The van der Waals surface area contributed by atoms with Gasteiger partial charge >= 0.3 is 0 Å². The lowest BCUT2D eigenvalue weighted by molar-refractivity contribution is 0.548. The summed E-state index contributed by atoms with van der Waals surface area (Å²) in [6.45, 7) is 2.09. The van der Waals surface area contributed by atoms with E-state index in [4.69, 9.17) is 0 Å². The maximum Gasteiger partial charge on any atom is 0.137 e. The molecule has 0 N–H and O–H groups in total. The van der Waals surface area contributed by atoms with Crippen LogP contribution in [0.5, 0.6) is 0 Å². The first-order chi connectivity index (χ1) is 12.7. The molecule has 0 amide bonds. The average molecular weight is 345 g/mol. The highest BCUT2D eigenvalue weighted by Crippen LogP contribution is 2.48. The van der Waals surface area contributed by atoms with Crippen LogP contribution < -0.4 is 4.90 Å². The molecule has 2 heterocycles. The lowest BCUT2D eigenvalue weighted by Crippen LogP contribution is -2.36. The Morgan fingerprint density at radius 2 is 1.88 bits per heavy atom. The Bertz CT molecular complexity index is 969. The van der Waals surface area contributed by atoms with E-state index in [2.05, 4.69) is 51.7 Å². The first-order valence-corrected chi connectivity index (χ1v) is 9.05. The van der Waals surface area contributed by atoms with Gasteiger partial charge in [-0.1, -0.05) is 23.8 Å². The third-order valence-electron chi connectivity index (χ3n) is 5.27. The van der Waals surface area contributed by atoms with Crippen LogP contribution >= 0.6 is 0 Å². The van der Waals surface area contributed by atoms with E-state index in [1.165, 1.54) is 24.1 Å². The maximum atomic E-state index is 14.1. The first-order valence-electron chi connectivity index (χ1n) is 9.05. The van der Waals surface area contributed by atoms with E-state index in [1.807, 2.05) is 18.6 Å². The molecule has 0 bridgehead atoms. The van der Waals surface area contributed by atoms with Gasteiger partial charge in [0.25, 0.3) is 0 Å². The number of aryl methyl sites for hydroxylation is 1. The van der Waals surface area contributed by atoms with Crippen molar-refractivity contribution in [1.29, 1.82) is 0 Å². The largest absolute Gasteiger partial charge is 0.320 e. The summed E-state index contributed by atoms with van der Waals surface area (Å²) in [6, 6.07) is 13.7. The average Bonchev–Trinajstić information content (AvgIpc) is 3.35. The topological polar surface area (TPSA) is 21.1 Å². The molecule has 26 heavy (non-hydrogen) atoms.